The molecule has 14 heavy (non-hydrogen) atoms. The van der Waals surface area contributed by atoms with Crippen LogP contribution in [0.5, 0.6) is 0 Å². The number of rotatable bonds is 7. The third kappa shape index (κ3) is 5.62. The van der Waals surface area contributed by atoms with Crippen molar-refractivity contribution in [1.82, 2.24) is 5.32 Å². The molecule has 0 aliphatic heterocycles. The van der Waals surface area contributed by atoms with E-state index < -0.39 is 0 Å². The minimum Gasteiger partial charge on any atom is -0.464 e. The van der Waals surface area contributed by atoms with Crippen LogP contribution in [-0.4, -0.2) is 18.6 Å². The van der Waals surface area contributed by atoms with Crippen LogP contribution < -0.4 is 5.32 Å². The number of carbonyl (C=O) groups is 1. The highest BCUT2D eigenvalue weighted by molar-refractivity contribution is 5.75. The monoisotopic (exact) mass is 199 g/mol. The minimum atomic E-state index is -0.241. The van der Waals surface area contributed by atoms with E-state index in [1.54, 1.807) is 6.20 Å². The normalized spacial score (nSPS) is 12.3. The van der Waals surface area contributed by atoms with Gasteiger partial charge in [-0.2, -0.15) is 0 Å². The summed E-state index contributed by atoms with van der Waals surface area (Å²) in [7, 11) is 0. The van der Waals surface area contributed by atoms with Gasteiger partial charge >= 0.3 is 5.97 Å². The molecule has 0 aromatic rings. The Morgan fingerprint density at radius 1 is 1.50 bits per heavy atom. The van der Waals surface area contributed by atoms with Crippen molar-refractivity contribution in [2.24, 2.45) is 5.92 Å². The summed E-state index contributed by atoms with van der Waals surface area (Å²) in [6.45, 7) is 10.1. The van der Waals surface area contributed by atoms with Crippen LogP contribution in [0.15, 0.2) is 12.8 Å². The highest BCUT2D eigenvalue weighted by atomic mass is 16.5. The van der Waals surface area contributed by atoms with Crippen LogP contribution in [0.25, 0.3) is 0 Å². The van der Waals surface area contributed by atoms with Gasteiger partial charge in [0, 0.05) is 0 Å². The molecule has 0 rings (SSSR count). The van der Waals surface area contributed by atoms with E-state index in [-0.39, 0.29) is 12.0 Å². The topological polar surface area (TPSA) is 38.3 Å². The standard InChI is InChI=1S/C11H21NO2/c1-5-12-10(8-7-9(3)4)11(13)14-6-2/h5,9-10,12H,1,6-8H2,2-4H3. The van der Waals surface area contributed by atoms with Crippen LogP contribution in [0.3, 0.4) is 0 Å². The zero-order valence-electron chi connectivity index (χ0n) is 9.38. The van der Waals surface area contributed by atoms with E-state index >= 15 is 0 Å². The fraction of sp³-hybridized carbons (Fsp3) is 0.727. The van der Waals surface area contributed by atoms with Gasteiger partial charge in [-0.3, -0.25) is 0 Å². The second-order valence-electron chi connectivity index (χ2n) is 3.65. The first kappa shape index (κ1) is 13.0. The molecule has 0 aromatic heterocycles. The Kier molecular flexibility index (Phi) is 6.89. The molecule has 3 heteroatoms. The van der Waals surface area contributed by atoms with Gasteiger partial charge in [-0.15, -0.1) is 0 Å². The van der Waals surface area contributed by atoms with Gasteiger partial charge in [0.05, 0.1) is 6.61 Å². The second kappa shape index (κ2) is 7.42. The molecular weight excluding hydrogens is 178 g/mol. The lowest BCUT2D eigenvalue weighted by Gasteiger charge is -2.16. The third-order valence-corrected chi connectivity index (χ3v) is 1.92. The summed E-state index contributed by atoms with van der Waals surface area (Å²) < 4.78 is 4.94. The molecule has 0 amide bonds. The number of nitrogens with one attached hydrogen (secondary N) is 1. The zero-order valence-corrected chi connectivity index (χ0v) is 9.38. The molecule has 0 spiro atoms. The summed E-state index contributed by atoms with van der Waals surface area (Å²) in [5.74, 6) is 0.409. The Hall–Kier alpha value is -0.990. The molecule has 0 fully saturated rings. The van der Waals surface area contributed by atoms with E-state index in [0.717, 1.165) is 12.8 Å². The third-order valence-electron chi connectivity index (χ3n) is 1.92. The quantitative estimate of drug-likeness (QED) is 0.638. The fourth-order valence-electron chi connectivity index (χ4n) is 1.15. The Morgan fingerprint density at radius 3 is 2.57 bits per heavy atom. The molecule has 0 saturated heterocycles. The van der Waals surface area contributed by atoms with Gasteiger partial charge in [0.1, 0.15) is 6.04 Å². The van der Waals surface area contributed by atoms with Crippen molar-refractivity contribution in [3.8, 4) is 0 Å². The number of ether oxygens (including phenoxy) is 1. The maximum atomic E-state index is 11.4. The lowest BCUT2D eigenvalue weighted by molar-refractivity contribution is -0.145. The van der Waals surface area contributed by atoms with Gasteiger partial charge in [-0.05, 0) is 31.9 Å². The predicted molar refractivity (Wildman–Crippen MR) is 57.8 cm³/mol. The van der Waals surface area contributed by atoms with Crippen molar-refractivity contribution in [3.05, 3.63) is 12.8 Å². The van der Waals surface area contributed by atoms with E-state index in [1.165, 1.54) is 0 Å². The van der Waals surface area contributed by atoms with E-state index in [2.05, 4.69) is 25.7 Å². The Morgan fingerprint density at radius 2 is 2.14 bits per heavy atom. The van der Waals surface area contributed by atoms with Crippen molar-refractivity contribution in [3.63, 3.8) is 0 Å². The first-order valence-corrected chi connectivity index (χ1v) is 5.15. The van der Waals surface area contributed by atoms with Crippen LogP contribution in [0.1, 0.15) is 33.6 Å². The predicted octanol–water partition coefficient (Wildman–Crippen LogP) is 2.09. The van der Waals surface area contributed by atoms with Gasteiger partial charge in [0.15, 0.2) is 0 Å². The van der Waals surface area contributed by atoms with Crippen molar-refractivity contribution >= 4 is 5.97 Å². The van der Waals surface area contributed by atoms with Gasteiger partial charge in [0.25, 0.3) is 0 Å². The van der Waals surface area contributed by atoms with Crippen LogP contribution in [-0.2, 0) is 9.53 Å². The molecule has 1 atom stereocenters. The van der Waals surface area contributed by atoms with E-state index in [0.29, 0.717) is 12.5 Å². The molecule has 0 saturated carbocycles. The Labute approximate surface area is 86.5 Å². The van der Waals surface area contributed by atoms with E-state index in [4.69, 9.17) is 4.74 Å². The summed E-state index contributed by atoms with van der Waals surface area (Å²) in [5, 5.41) is 2.91. The summed E-state index contributed by atoms with van der Waals surface area (Å²) in [4.78, 5) is 11.4. The van der Waals surface area contributed by atoms with Crippen LogP contribution in [0.2, 0.25) is 0 Å². The summed E-state index contributed by atoms with van der Waals surface area (Å²) in [5.41, 5.74) is 0. The smallest absolute Gasteiger partial charge is 0.328 e. The SMILES string of the molecule is C=CNC(CCC(C)C)C(=O)OCC. The van der Waals surface area contributed by atoms with Crippen molar-refractivity contribution in [2.45, 2.75) is 39.7 Å². The molecule has 0 heterocycles. The Bertz CT molecular complexity index is 178. The summed E-state index contributed by atoms with van der Waals surface area (Å²) >= 11 is 0. The van der Waals surface area contributed by atoms with Gasteiger partial charge in [-0.1, -0.05) is 20.4 Å². The molecule has 0 aliphatic carbocycles. The summed E-state index contributed by atoms with van der Waals surface area (Å²) in [6.07, 6.45) is 3.34. The second-order valence-corrected chi connectivity index (χ2v) is 3.65. The number of carbonyl (C=O) groups excluding carboxylic acids is 1. The average Bonchev–Trinajstić information content (AvgIpc) is 2.12. The molecular formula is C11H21NO2. The zero-order chi connectivity index (χ0) is 11.0. The van der Waals surface area contributed by atoms with Crippen molar-refractivity contribution < 1.29 is 9.53 Å². The van der Waals surface area contributed by atoms with Gasteiger partial charge < -0.3 is 10.1 Å². The number of hydrogen-bond acceptors (Lipinski definition) is 3. The minimum absolute atomic E-state index is 0.187. The maximum Gasteiger partial charge on any atom is 0.328 e. The molecule has 0 radical (unpaired) electrons. The molecule has 3 nitrogen and oxygen atoms in total. The summed E-state index contributed by atoms with van der Waals surface area (Å²) in [6, 6.07) is -0.241. The first-order valence-electron chi connectivity index (χ1n) is 5.15. The molecule has 0 aromatic carbocycles. The van der Waals surface area contributed by atoms with Crippen LogP contribution >= 0.6 is 0 Å². The molecule has 1 N–H and O–H groups in total. The van der Waals surface area contributed by atoms with Crippen molar-refractivity contribution in [1.29, 1.82) is 0 Å². The van der Waals surface area contributed by atoms with Gasteiger partial charge in [0.2, 0.25) is 0 Å². The van der Waals surface area contributed by atoms with E-state index in [9.17, 15) is 4.79 Å². The van der Waals surface area contributed by atoms with Gasteiger partial charge in [-0.25, -0.2) is 4.79 Å². The van der Waals surface area contributed by atoms with Crippen LogP contribution in [0, 0.1) is 5.92 Å². The van der Waals surface area contributed by atoms with Crippen LogP contribution in [0.4, 0.5) is 0 Å². The average molecular weight is 199 g/mol. The lowest BCUT2D eigenvalue weighted by Crippen LogP contribution is -2.35. The fourth-order valence-corrected chi connectivity index (χ4v) is 1.15. The molecule has 1 unspecified atom stereocenters. The molecule has 0 bridgehead atoms. The number of esters is 1. The molecule has 82 valence electrons. The first-order chi connectivity index (χ1) is 6.61. The maximum absolute atomic E-state index is 11.4. The highest BCUT2D eigenvalue weighted by Gasteiger charge is 2.17. The molecule has 0 aliphatic rings. The lowest BCUT2D eigenvalue weighted by atomic mass is 10.0. The Balaban J connectivity index is 3.99. The largest absolute Gasteiger partial charge is 0.464 e. The van der Waals surface area contributed by atoms with E-state index in [1.807, 2.05) is 6.92 Å². The number of hydrogen-bond donors (Lipinski definition) is 1. The highest BCUT2D eigenvalue weighted by Crippen LogP contribution is 2.08. The van der Waals surface area contributed by atoms with Crippen molar-refractivity contribution in [2.75, 3.05) is 6.61 Å².